The van der Waals surface area contributed by atoms with Crippen LogP contribution in [0.4, 0.5) is 0 Å². The average molecular weight is 750 g/mol. The van der Waals surface area contributed by atoms with E-state index in [9.17, 15) is 63.1 Å². The SMILES string of the molecule is BP(=O)(OC[C@H]1O[C@@H](n2cc(C)c(=O)[nH]c2=O)C(O)[C@H]1O)OP(=O)(O)OP(=O)(O)OC[C@@H]1O[C@H](n2cc(OC)c(=O)[nH]c2=O)C(O)[C@@H]1O. The fourth-order valence-corrected chi connectivity index (χ4v) is 8.59. The third kappa shape index (κ3) is 8.59. The van der Waals surface area contributed by atoms with Crippen molar-refractivity contribution in [3.8, 4) is 5.75 Å². The second-order valence-electron chi connectivity index (χ2n) is 10.4. The molecule has 2 aliphatic rings. The number of nitrogens with one attached hydrogen (secondary N) is 2. The average Bonchev–Trinajstić information content (AvgIpc) is 3.41. The molecular weight excluding hydrogens is 720 g/mol. The van der Waals surface area contributed by atoms with Crippen molar-refractivity contribution in [3.05, 3.63) is 59.6 Å². The van der Waals surface area contributed by atoms with Crippen LogP contribution < -0.4 is 27.2 Å². The summed E-state index contributed by atoms with van der Waals surface area (Å²) in [4.78, 5) is 71.5. The van der Waals surface area contributed by atoms with E-state index in [1.807, 2.05) is 9.97 Å². The summed E-state index contributed by atoms with van der Waals surface area (Å²) < 4.78 is 72.5. The van der Waals surface area contributed by atoms with Gasteiger partial charge in [-0.3, -0.25) is 37.8 Å². The summed E-state index contributed by atoms with van der Waals surface area (Å²) in [6.45, 7) is -0.638. The summed E-state index contributed by atoms with van der Waals surface area (Å²) >= 11 is 0. The molecule has 24 nitrogen and oxygen atoms in total. The molecule has 0 spiro atoms. The maximum absolute atomic E-state index is 12.8. The van der Waals surface area contributed by atoms with E-state index in [0.717, 1.165) is 24.1 Å². The van der Waals surface area contributed by atoms with Gasteiger partial charge in [-0.05, 0) is 6.92 Å². The highest BCUT2D eigenvalue weighted by atomic mass is 31.3. The van der Waals surface area contributed by atoms with Crippen molar-refractivity contribution in [1.29, 1.82) is 0 Å². The standard InChI is InChI=1S/C20H30BN4O20P3/c1-7-3-24(19(32)22-15(7)30)17-13(28)11(26)9(42-17)5-40-46(21,34)44-48(37,38)45-47(35,36)41-6-10-12(27)14(29)18(43-10)25-4-8(39-2)16(31)23-20(25)33/h3-4,9-14,17-18,26-29H,5-6,21H2,1-2H3,(H,35,36)(H,37,38)(H,22,30,32)(H,23,31,33)/t9-,10+,11+,12-,13?,14?,17-,18+,46?/m1/s1. The number of methoxy groups -OCH3 is 1. The Labute approximate surface area is 267 Å². The van der Waals surface area contributed by atoms with Crippen LogP contribution in [0.15, 0.2) is 31.6 Å². The lowest BCUT2D eigenvalue weighted by Gasteiger charge is -2.22. The Morgan fingerprint density at radius 1 is 0.771 bits per heavy atom. The highest BCUT2D eigenvalue weighted by Gasteiger charge is 2.48. The van der Waals surface area contributed by atoms with E-state index in [1.54, 1.807) is 0 Å². The van der Waals surface area contributed by atoms with E-state index in [1.165, 1.54) is 6.92 Å². The Balaban J connectivity index is 1.33. The largest absolute Gasteiger partial charge is 0.490 e. The van der Waals surface area contributed by atoms with Gasteiger partial charge in [0.1, 0.15) is 36.6 Å². The Morgan fingerprint density at radius 3 is 1.77 bits per heavy atom. The van der Waals surface area contributed by atoms with Crippen molar-refractivity contribution >= 4 is 30.7 Å². The molecule has 28 heteroatoms. The van der Waals surface area contributed by atoms with Crippen LogP contribution in [0.1, 0.15) is 18.0 Å². The molecule has 2 aromatic heterocycles. The minimum absolute atomic E-state index is 0.0623. The number of hydrogen-bond donors (Lipinski definition) is 8. The number of hydrogen-bond acceptors (Lipinski definition) is 18. The molecule has 5 unspecified atom stereocenters. The molecule has 8 N–H and O–H groups in total. The summed E-state index contributed by atoms with van der Waals surface area (Å²) in [5.74, 6) is -0.366. The molecule has 2 aliphatic heterocycles. The molecule has 2 aromatic rings. The zero-order chi connectivity index (χ0) is 35.9. The first-order valence-corrected chi connectivity index (χ1v) is 18.3. The third-order valence-corrected chi connectivity index (χ3v) is 11.6. The number of aromatic nitrogens is 4. The molecule has 0 amide bonds. The first-order chi connectivity index (χ1) is 22.1. The van der Waals surface area contributed by atoms with E-state index in [2.05, 4.69) is 13.1 Å². The van der Waals surface area contributed by atoms with E-state index >= 15 is 0 Å². The molecule has 2 fully saturated rings. The Kier molecular flexibility index (Phi) is 11.4. The molecule has 11 atom stereocenters. The quantitative estimate of drug-likeness (QED) is 0.0708. The van der Waals surface area contributed by atoms with E-state index in [-0.39, 0.29) is 11.3 Å². The summed E-state index contributed by atoms with van der Waals surface area (Å²) in [5.41, 5.74) is -3.62. The molecule has 4 rings (SSSR count). The lowest BCUT2D eigenvalue weighted by Crippen LogP contribution is -2.38. The van der Waals surface area contributed by atoms with Gasteiger partial charge in [-0.15, -0.1) is 0 Å². The van der Waals surface area contributed by atoms with Crippen molar-refractivity contribution in [2.24, 2.45) is 0 Å². The molecule has 0 aromatic carbocycles. The van der Waals surface area contributed by atoms with E-state index in [0.29, 0.717) is 12.1 Å². The second kappa shape index (κ2) is 14.3. The molecule has 0 bridgehead atoms. The number of phosphoric acid groups is 2. The molecule has 0 aliphatic carbocycles. The number of nitrogens with zero attached hydrogens (tertiary/aromatic N) is 2. The lowest BCUT2D eigenvalue weighted by molar-refractivity contribution is -0.0545. The fourth-order valence-electron chi connectivity index (χ4n) is 4.53. The van der Waals surface area contributed by atoms with Crippen LogP contribution in [0.2, 0.25) is 0 Å². The van der Waals surface area contributed by atoms with E-state index < -0.39 is 108 Å². The van der Waals surface area contributed by atoms with E-state index in [4.69, 9.17) is 18.7 Å². The van der Waals surface area contributed by atoms with Crippen LogP contribution in [0, 0.1) is 6.92 Å². The molecular formula is C20H30BN4O20P3. The number of ether oxygens (including phenoxy) is 3. The van der Waals surface area contributed by atoms with Crippen molar-refractivity contribution in [3.63, 3.8) is 0 Å². The summed E-state index contributed by atoms with van der Waals surface area (Å²) in [6.07, 6.45) is -11.7. The maximum atomic E-state index is 12.8. The molecule has 2 saturated heterocycles. The second-order valence-corrected chi connectivity index (χ2v) is 15.6. The molecule has 48 heavy (non-hydrogen) atoms. The smallest absolute Gasteiger partial charge is 0.487 e. The van der Waals surface area contributed by atoms with Gasteiger partial charge in [0.15, 0.2) is 12.5 Å². The van der Waals surface area contributed by atoms with Crippen LogP contribution in [0.3, 0.4) is 0 Å². The Hall–Kier alpha value is -2.57. The monoisotopic (exact) mass is 750 g/mol. The van der Waals surface area contributed by atoms with Gasteiger partial charge in [0.2, 0.25) is 5.75 Å². The Bertz CT molecular complexity index is 1900. The first kappa shape index (κ1) is 38.2. The van der Waals surface area contributed by atoms with Gasteiger partial charge >= 0.3 is 27.0 Å². The van der Waals surface area contributed by atoms with Crippen molar-refractivity contribution < 1.29 is 75.8 Å². The predicted molar refractivity (Wildman–Crippen MR) is 156 cm³/mol. The number of aromatic amines is 2. The lowest BCUT2D eigenvalue weighted by atomic mass is 10.1. The zero-order valence-corrected chi connectivity index (χ0v) is 27.5. The highest BCUT2D eigenvalue weighted by molar-refractivity contribution is 7.84. The third-order valence-electron chi connectivity index (χ3n) is 6.86. The van der Waals surface area contributed by atoms with Gasteiger partial charge in [-0.1, -0.05) is 0 Å². The number of phosphoric ester groups is 1. The van der Waals surface area contributed by atoms with Crippen molar-refractivity contribution in [2.75, 3.05) is 20.3 Å². The normalized spacial score (nSPS) is 31.2. The number of aryl methyl sites for hydroxylation is 1. The van der Waals surface area contributed by atoms with Crippen LogP contribution in [0.25, 0.3) is 0 Å². The van der Waals surface area contributed by atoms with Gasteiger partial charge in [-0.2, -0.15) is 4.31 Å². The fraction of sp³-hybridized carbons (Fsp3) is 0.600. The van der Waals surface area contributed by atoms with Crippen LogP contribution >= 0.6 is 23.1 Å². The number of rotatable bonds is 13. The summed E-state index contributed by atoms with van der Waals surface area (Å²) in [6, 6.07) is 0. The van der Waals surface area contributed by atoms with Crippen molar-refractivity contribution in [2.45, 2.75) is 56.0 Å². The van der Waals surface area contributed by atoms with Crippen LogP contribution in [0.5, 0.6) is 5.75 Å². The van der Waals surface area contributed by atoms with Gasteiger partial charge in [0.05, 0.1) is 26.5 Å². The molecule has 4 heterocycles. The van der Waals surface area contributed by atoms with Crippen molar-refractivity contribution in [1.82, 2.24) is 19.1 Å². The summed E-state index contributed by atoms with van der Waals surface area (Å²) in [7, 11) is -14.4. The summed E-state index contributed by atoms with van der Waals surface area (Å²) in [5, 5.41) is 41.3. The highest BCUT2D eigenvalue weighted by Crippen LogP contribution is 2.67. The van der Waals surface area contributed by atoms with Crippen LogP contribution in [-0.4, -0.2) is 114 Å². The number of aliphatic hydroxyl groups is 4. The minimum atomic E-state index is -5.77. The van der Waals surface area contributed by atoms with Gasteiger partial charge < -0.3 is 48.9 Å². The van der Waals surface area contributed by atoms with Crippen LogP contribution in [-0.2, 0) is 40.8 Å². The predicted octanol–water partition coefficient (Wildman–Crippen LogP) is -4.35. The van der Waals surface area contributed by atoms with Gasteiger partial charge in [-0.25, -0.2) is 23.0 Å². The number of H-pyrrole nitrogens is 2. The number of aliphatic hydroxyl groups excluding tert-OH is 4. The molecule has 0 radical (unpaired) electrons. The zero-order valence-electron chi connectivity index (χ0n) is 24.8. The Morgan fingerprint density at radius 2 is 1.25 bits per heavy atom. The molecule has 0 saturated carbocycles. The minimum Gasteiger partial charge on any atom is -0.490 e. The molecule has 268 valence electrons. The topological polar surface area (TPSA) is 347 Å². The first-order valence-electron chi connectivity index (χ1n) is 13.3. The van der Waals surface area contributed by atoms with Gasteiger partial charge in [0.25, 0.3) is 26.2 Å². The maximum Gasteiger partial charge on any atom is 0.487 e. The van der Waals surface area contributed by atoms with Gasteiger partial charge in [0, 0.05) is 11.8 Å².